The molecule has 0 aliphatic carbocycles. The number of benzene rings is 5. The summed E-state index contributed by atoms with van der Waals surface area (Å²) in [7, 11) is 1.38. The number of ether oxygens (including phenoxy) is 2. The van der Waals surface area contributed by atoms with Gasteiger partial charge >= 0.3 is 5.97 Å². The monoisotopic (exact) mass is 366 g/mol. The Morgan fingerprint density at radius 2 is 1.39 bits per heavy atom. The number of hydrogen-bond acceptors (Lipinski definition) is 3. The molecule has 28 heavy (non-hydrogen) atoms. The lowest BCUT2D eigenvalue weighted by molar-refractivity contribution is 0.0600. The first kappa shape index (κ1) is 16.6. The van der Waals surface area contributed by atoms with Crippen LogP contribution in [0.3, 0.4) is 0 Å². The Bertz CT molecular complexity index is 1290. The van der Waals surface area contributed by atoms with E-state index < -0.39 is 0 Å². The highest BCUT2D eigenvalue weighted by Gasteiger charge is 2.11. The van der Waals surface area contributed by atoms with Crippen LogP contribution in [0.15, 0.2) is 78.9 Å². The van der Waals surface area contributed by atoms with Crippen LogP contribution >= 0.6 is 0 Å². The van der Waals surface area contributed by atoms with Gasteiger partial charge in [0.2, 0.25) is 0 Å². The van der Waals surface area contributed by atoms with E-state index in [0.717, 1.165) is 16.7 Å². The number of hydrogen-bond donors (Lipinski definition) is 0. The Hall–Kier alpha value is -3.59. The number of esters is 1. The summed E-state index contributed by atoms with van der Waals surface area (Å²) in [6.45, 7) is 0.436. The largest absolute Gasteiger partial charge is 0.488 e. The number of methoxy groups -OCH3 is 1. The molecular formula is C25H18O3. The van der Waals surface area contributed by atoms with Gasteiger partial charge in [-0.05, 0) is 51.4 Å². The summed E-state index contributed by atoms with van der Waals surface area (Å²) < 4.78 is 10.9. The summed E-state index contributed by atoms with van der Waals surface area (Å²) in [4.78, 5) is 11.6. The van der Waals surface area contributed by atoms with Gasteiger partial charge in [-0.1, -0.05) is 54.6 Å². The molecule has 0 unspecified atom stereocenters. The van der Waals surface area contributed by atoms with Gasteiger partial charge in [-0.25, -0.2) is 4.79 Å². The normalized spacial score (nSPS) is 11.3. The van der Waals surface area contributed by atoms with Crippen molar-refractivity contribution in [1.29, 1.82) is 0 Å². The van der Waals surface area contributed by atoms with Crippen molar-refractivity contribution in [2.24, 2.45) is 0 Å². The van der Waals surface area contributed by atoms with Crippen molar-refractivity contribution in [3.8, 4) is 5.75 Å². The fraction of sp³-hybridized carbons (Fsp3) is 0.0800. The molecule has 0 aliphatic heterocycles. The van der Waals surface area contributed by atoms with E-state index in [-0.39, 0.29) is 5.97 Å². The quantitative estimate of drug-likeness (QED) is 0.291. The summed E-state index contributed by atoms with van der Waals surface area (Å²) in [5.74, 6) is 0.530. The van der Waals surface area contributed by atoms with E-state index in [4.69, 9.17) is 9.47 Å². The highest BCUT2D eigenvalue weighted by atomic mass is 16.5. The molecule has 0 amide bonds. The second-order valence-corrected chi connectivity index (χ2v) is 6.90. The standard InChI is InChI=1S/C25H18O3/c1-27-25(26)20-7-5-16(6-8-20)15-28-22-14-12-19-10-9-17-3-2-4-18-11-13-21(22)24(19)23(17)18/h2-14H,15H2,1H3. The van der Waals surface area contributed by atoms with Gasteiger partial charge in [-0.3, -0.25) is 0 Å². The number of carbonyl (C=O) groups excluding carboxylic acids is 1. The average molecular weight is 366 g/mol. The lowest BCUT2D eigenvalue weighted by Crippen LogP contribution is -2.02. The third kappa shape index (κ3) is 2.64. The molecule has 0 radical (unpaired) electrons. The van der Waals surface area contributed by atoms with Crippen LogP contribution < -0.4 is 4.74 Å². The third-order valence-corrected chi connectivity index (χ3v) is 5.26. The minimum absolute atomic E-state index is 0.334. The fourth-order valence-corrected chi connectivity index (χ4v) is 3.85. The van der Waals surface area contributed by atoms with Gasteiger partial charge in [0.05, 0.1) is 12.7 Å². The summed E-state index contributed by atoms with van der Waals surface area (Å²) in [5.41, 5.74) is 1.53. The molecule has 0 saturated heterocycles. The predicted molar refractivity (Wildman–Crippen MR) is 112 cm³/mol. The molecule has 0 N–H and O–H groups in total. The zero-order chi connectivity index (χ0) is 19.1. The molecule has 0 aliphatic rings. The smallest absolute Gasteiger partial charge is 0.337 e. The van der Waals surface area contributed by atoms with Gasteiger partial charge in [0.1, 0.15) is 12.4 Å². The minimum atomic E-state index is -0.334. The summed E-state index contributed by atoms with van der Waals surface area (Å²) in [6.07, 6.45) is 0. The maximum absolute atomic E-state index is 11.6. The van der Waals surface area contributed by atoms with E-state index in [1.165, 1.54) is 34.0 Å². The first-order valence-electron chi connectivity index (χ1n) is 9.21. The van der Waals surface area contributed by atoms with Crippen molar-refractivity contribution in [3.05, 3.63) is 90.0 Å². The van der Waals surface area contributed by atoms with Crippen molar-refractivity contribution >= 4 is 38.3 Å². The van der Waals surface area contributed by atoms with E-state index in [0.29, 0.717) is 12.2 Å². The second kappa shape index (κ2) is 6.54. The molecule has 0 bridgehead atoms. The van der Waals surface area contributed by atoms with Gasteiger partial charge in [-0.15, -0.1) is 0 Å². The van der Waals surface area contributed by atoms with E-state index in [1.54, 1.807) is 12.1 Å². The van der Waals surface area contributed by atoms with Crippen LogP contribution in [-0.4, -0.2) is 13.1 Å². The van der Waals surface area contributed by atoms with Crippen LogP contribution in [0.4, 0.5) is 0 Å². The first-order valence-corrected chi connectivity index (χ1v) is 9.21. The van der Waals surface area contributed by atoms with Gasteiger partial charge in [0, 0.05) is 10.8 Å². The summed E-state index contributed by atoms with van der Waals surface area (Å²) in [5, 5.41) is 7.35. The third-order valence-electron chi connectivity index (χ3n) is 5.26. The Morgan fingerprint density at radius 3 is 2.11 bits per heavy atom. The number of carbonyl (C=O) groups is 1. The molecule has 0 fully saturated rings. The van der Waals surface area contributed by atoms with Crippen LogP contribution in [0.2, 0.25) is 0 Å². The molecule has 136 valence electrons. The average Bonchev–Trinajstić information content (AvgIpc) is 2.76. The molecule has 0 heterocycles. The Kier molecular flexibility index (Phi) is 3.87. The van der Waals surface area contributed by atoms with Crippen molar-refractivity contribution in [1.82, 2.24) is 0 Å². The highest BCUT2D eigenvalue weighted by Crippen LogP contribution is 2.38. The van der Waals surface area contributed by atoms with Crippen molar-refractivity contribution in [2.45, 2.75) is 6.61 Å². The zero-order valence-electron chi connectivity index (χ0n) is 15.4. The molecule has 0 saturated carbocycles. The Morgan fingerprint density at radius 1 is 0.750 bits per heavy atom. The molecular weight excluding hydrogens is 348 g/mol. The Labute approximate surface area is 162 Å². The van der Waals surface area contributed by atoms with Gasteiger partial charge in [0.15, 0.2) is 0 Å². The molecule has 3 nitrogen and oxygen atoms in total. The van der Waals surface area contributed by atoms with E-state index in [9.17, 15) is 4.79 Å². The van der Waals surface area contributed by atoms with Crippen molar-refractivity contribution in [2.75, 3.05) is 7.11 Å². The van der Waals surface area contributed by atoms with Gasteiger partial charge in [0.25, 0.3) is 0 Å². The number of rotatable bonds is 4. The van der Waals surface area contributed by atoms with Crippen molar-refractivity contribution in [3.63, 3.8) is 0 Å². The van der Waals surface area contributed by atoms with E-state index >= 15 is 0 Å². The van der Waals surface area contributed by atoms with Crippen LogP contribution in [0.1, 0.15) is 15.9 Å². The highest BCUT2D eigenvalue weighted by molar-refractivity contribution is 6.24. The molecule has 5 rings (SSSR count). The lowest BCUT2D eigenvalue weighted by Gasteiger charge is -2.14. The first-order chi connectivity index (χ1) is 13.7. The SMILES string of the molecule is COC(=O)c1ccc(COc2ccc3ccc4cccc5ccc2c3c45)cc1. The Balaban J connectivity index is 1.52. The van der Waals surface area contributed by atoms with Crippen LogP contribution in [0.25, 0.3) is 32.3 Å². The lowest BCUT2D eigenvalue weighted by atomic mass is 9.94. The van der Waals surface area contributed by atoms with Crippen LogP contribution in [0.5, 0.6) is 5.75 Å². The fourth-order valence-electron chi connectivity index (χ4n) is 3.85. The molecule has 5 aromatic rings. The molecule has 0 aromatic heterocycles. The molecule has 0 atom stereocenters. The maximum atomic E-state index is 11.6. The van der Waals surface area contributed by atoms with Crippen molar-refractivity contribution < 1.29 is 14.3 Å². The van der Waals surface area contributed by atoms with Crippen LogP contribution in [0, 0.1) is 0 Å². The summed E-state index contributed by atoms with van der Waals surface area (Å²) >= 11 is 0. The van der Waals surface area contributed by atoms with Crippen LogP contribution in [-0.2, 0) is 11.3 Å². The molecule has 5 aromatic carbocycles. The maximum Gasteiger partial charge on any atom is 0.337 e. The topological polar surface area (TPSA) is 35.5 Å². The summed E-state index contributed by atoms with van der Waals surface area (Å²) in [6, 6.07) is 26.5. The van der Waals surface area contributed by atoms with E-state index in [1.807, 2.05) is 18.2 Å². The molecule has 0 spiro atoms. The van der Waals surface area contributed by atoms with Gasteiger partial charge in [-0.2, -0.15) is 0 Å². The second-order valence-electron chi connectivity index (χ2n) is 6.90. The zero-order valence-corrected chi connectivity index (χ0v) is 15.4. The van der Waals surface area contributed by atoms with E-state index in [2.05, 4.69) is 48.5 Å². The molecule has 3 heteroatoms. The van der Waals surface area contributed by atoms with Gasteiger partial charge < -0.3 is 9.47 Å². The predicted octanol–water partition coefficient (Wildman–Crippen LogP) is 5.95. The minimum Gasteiger partial charge on any atom is -0.488 e.